The van der Waals surface area contributed by atoms with Crippen molar-refractivity contribution >= 4 is 11.7 Å². The van der Waals surface area contributed by atoms with Crippen LogP contribution in [0.2, 0.25) is 0 Å². The van der Waals surface area contributed by atoms with E-state index in [1.54, 1.807) is 0 Å². The highest BCUT2D eigenvalue weighted by Crippen LogP contribution is 2.13. The molecule has 0 saturated heterocycles. The first-order chi connectivity index (χ1) is 8.69. The summed E-state index contributed by atoms with van der Waals surface area (Å²) in [7, 11) is 0. The summed E-state index contributed by atoms with van der Waals surface area (Å²) < 4.78 is 13.1. The maximum atomic E-state index is 13.1. The number of nitrogens with zero attached hydrogens (tertiary/aromatic N) is 1. The van der Waals surface area contributed by atoms with Crippen LogP contribution in [0.3, 0.4) is 0 Å². The third kappa shape index (κ3) is 4.31. The second kappa shape index (κ2) is 7.63. The third-order valence-corrected chi connectivity index (χ3v) is 2.46. The van der Waals surface area contributed by atoms with E-state index < -0.39 is 5.82 Å². The van der Waals surface area contributed by atoms with E-state index in [-0.39, 0.29) is 11.5 Å². The summed E-state index contributed by atoms with van der Waals surface area (Å²) in [5.74, 6) is -0.348. The van der Waals surface area contributed by atoms with Crippen LogP contribution < -0.4 is 10.6 Å². The van der Waals surface area contributed by atoms with Gasteiger partial charge >= 0.3 is 0 Å². The van der Waals surface area contributed by atoms with Crippen molar-refractivity contribution in [2.75, 3.05) is 18.4 Å². The van der Waals surface area contributed by atoms with Crippen LogP contribution >= 0.6 is 0 Å². The fraction of sp³-hybridized carbons (Fsp3) is 0.538. The number of unbranched alkanes of at least 4 members (excludes halogenated alkanes) is 1. The predicted molar refractivity (Wildman–Crippen MR) is 70.2 cm³/mol. The van der Waals surface area contributed by atoms with Crippen molar-refractivity contribution < 1.29 is 9.18 Å². The van der Waals surface area contributed by atoms with Gasteiger partial charge in [0.25, 0.3) is 5.91 Å². The first-order valence-corrected chi connectivity index (χ1v) is 6.36. The molecule has 4 nitrogen and oxygen atoms in total. The highest BCUT2D eigenvalue weighted by Gasteiger charge is 2.13. The lowest BCUT2D eigenvalue weighted by Crippen LogP contribution is -2.26. The molecule has 0 fully saturated rings. The molecule has 0 aliphatic carbocycles. The summed E-state index contributed by atoms with van der Waals surface area (Å²) in [6, 6.07) is 1.21. The molecule has 0 unspecified atom stereocenters. The van der Waals surface area contributed by atoms with Crippen molar-refractivity contribution in [3.63, 3.8) is 0 Å². The Labute approximate surface area is 107 Å². The number of rotatable bonds is 7. The van der Waals surface area contributed by atoms with Crippen molar-refractivity contribution in [1.82, 2.24) is 10.3 Å². The van der Waals surface area contributed by atoms with E-state index in [2.05, 4.69) is 15.6 Å². The number of aromatic nitrogens is 1. The molecule has 1 heterocycles. The van der Waals surface area contributed by atoms with Gasteiger partial charge in [0.05, 0.1) is 11.8 Å². The molecule has 0 radical (unpaired) electrons. The van der Waals surface area contributed by atoms with Gasteiger partial charge in [0.1, 0.15) is 11.6 Å². The molecule has 1 amide bonds. The minimum absolute atomic E-state index is 0.263. The number of hydrogen-bond donors (Lipinski definition) is 2. The Kier molecular flexibility index (Phi) is 6.11. The average Bonchev–Trinajstić information content (AvgIpc) is 2.37. The third-order valence-electron chi connectivity index (χ3n) is 2.46. The van der Waals surface area contributed by atoms with Crippen LogP contribution in [-0.4, -0.2) is 24.0 Å². The molecular formula is C13H20FN3O. The molecule has 0 saturated carbocycles. The summed E-state index contributed by atoms with van der Waals surface area (Å²) in [6.07, 6.45) is 3.94. The van der Waals surface area contributed by atoms with E-state index in [1.165, 1.54) is 6.07 Å². The molecular weight excluding hydrogens is 233 g/mol. The van der Waals surface area contributed by atoms with E-state index >= 15 is 0 Å². The van der Waals surface area contributed by atoms with E-state index in [4.69, 9.17) is 0 Å². The topological polar surface area (TPSA) is 54.0 Å². The van der Waals surface area contributed by atoms with Gasteiger partial charge in [0.15, 0.2) is 0 Å². The van der Waals surface area contributed by atoms with Crippen LogP contribution in [0.25, 0.3) is 0 Å². The number of carbonyl (C=O) groups excluding carboxylic acids is 1. The molecule has 0 bridgehead atoms. The van der Waals surface area contributed by atoms with Crippen LogP contribution in [0.4, 0.5) is 10.2 Å². The fourth-order valence-electron chi connectivity index (χ4n) is 1.47. The second-order valence-corrected chi connectivity index (χ2v) is 4.09. The van der Waals surface area contributed by atoms with Crippen LogP contribution in [0.1, 0.15) is 43.5 Å². The van der Waals surface area contributed by atoms with Crippen LogP contribution in [0, 0.1) is 5.82 Å². The normalized spacial score (nSPS) is 10.2. The smallest absolute Gasteiger partial charge is 0.255 e. The van der Waals surface area contributed by atoms with Crippen LogP contribution in [0.5, 0.6) is 0 Å². The number of pyridine rings is 1. The number of halogens is 1. The zero-order chi connectivity index (χ0) is 13.4. The van der Waals surface area contributed by atoms with E-state index in [0.29, 0.717) is 18.9 Å². The van der Waals surface area contributed by atoms with Crippen molar-refractivity contribution in [2.24, 2.45) is 0 Å². The molecule has 0 aromatic carbocycles. The summed E-state index contributed by atoms with van der Waals surface area (Å²) in [5, 5.41) is 5.78. The van der Waals surface area contributed by atoms with Gasteiger partial charge in [-0.05, 0) is 18.9 Å². The Hall–Kier alpha value is -1.65. The molecule has 1 rings (SSSR count). The van der Waals surface area contributed by atoms with Crippen molar-refractivity contribution in [3.8, 4) is 0 Å². The lowest BCUT2D eigenvalue weighted by atomic mass is 10.2. The Bertz CT molecular complexity index is 396. The van der Waals surface area contributed by atoms with Crippen molar-refractivity contribution in [1.29, 1.82) is 0 Å². The minimum Gasteiger partial charge on any atom is -0.369 e. The minimum atomic E-state index is -0.502. The van der Waals surface area contributed by atoms with E-state index in [1.807, 2.05) is 13.8 Å². The van der Waals surface area contributed by atoms with Crippen LogP contribution in [0.15, 0.2) is 12.3 Å². The van der Waals surface area contributed by atoms with Gasteiger partial charge in [-0.15, -0.1) is 0 Å². The number of hydrogen-bond acceptors (Lipinski definition) is 3. The first-order valence-electron chi connectivity index (χ1n) is 6.36. The zero-order valence-corrected chi connectivity index (χ0v) is 10.9. The van der Waals surface area contributed by atoms with E-state index in [0.717, 1.165) is 25.5 Å². The Balaban J connectivity index is 2.76. The molecule has 18 heavy (non-hydrogen) atoms. The molecule has 5 heteroatoms. The predicted octanol–water partition coefficient (Wildman–Crippen LogP) is 2.57. The quantitative estimate of drug-likeness (QED) is 0.734. The Morgan fingerprint density at radius 3 is 2.78 bits per heavy atom. The molecule has 0 aliphatic heterocycles. The fourth-order valence-corrected chi connectivity index (χ4v) is 1.47. The summed E-state index contributed by atoms with van der Waals surface area (Å²) >= 11 is 0. The number of amides is 1. The maximum absolute atomic E-state index is 13.1. The molecule has 0 atom stereocenters. The largest absolute Gasteiger partial charge is 0.369 e. The highest BCUT2D eigenvalue weighted by atomic mass is 19.1. The lowest BCUT2D eigenvalue weighted by Gasteiger charge is -2.10. The highest BCUT2D eigenvalue weighted by molar-refractivity contribution is 5.98. The van der Waals surface area contributed by atoms with Gasteiger partial charge in [-0.2, -0.15) is 0 Å². The van der Waals surface area contributed by atoms with Gasteiger partial charge in [0.2, 0.25) is 0 Å². The molecule has 2 N–H and O–H groups in total. The summed E-state index contributed by atoms with van der Waals surface area (Å²) in [4.78, 5) is 15.8. The lowest BCUT2D eigenvalue weighted by molar-refractivity contribution is 0.0953. The second-order valence-electron chi connectivity index (χ2n) is 4.09. The number of carbonyl (C=O) groups is 1. The molecule has 0 aliphatic rings. The molecule has 1 aromatic heterocycles. The average molecular weight is 253 g/mol. The number of nitrogens with one attached hydrogen (secondary N) is 2. The molecule has 100 valence electrons. The monoisotopic (exact) mass is 253 g/mol. The van der Waals surface area contributed by atoms with Gasteiger partial charge < -0.3 is 10.6 Å². The van der Waals surface area contributed by atoms with Gasteiger partial charge in [0, 0.05) is 13.1 Å². The summed E-state index contributed by atoms with van der Waals surface area (Å²) in [6.45, 7) is 5.36. The van der Waals surface area contributed by atoms with Gasteiger partial charge in [-0.1, -0.05) is 20.3 Å². The van der Waals surface area contributed by atoms with Crippen molar-refractivity contribution in [2.45, 2.75) is 33.1 Å². The Morgan fingerprint density at radius 2 is 2.11 bits per heavy atom. The van der Waals surface area contributed by atoms with Gasteiger partial charge in [-0.25, -0.2) is 9.37 Å². The molecule has 0 spiro atoms. The van der Waals surface area contributed by atoms with E-state index in [9.17, 15) is 9.18 Å². The Morgan fingerprint density at radius 1 is 1.33 bits per heavy atom. The van der Waals surface area contributed by atoms with Crippen LogP contribution in [-0.2, 0) is 0 Å². The summed E-state index contributed by atoms with van der Waals surface area (Å²) in [5.41, 5.74) is 0.263. The SMILES string of the molecule is CCCCNC(=O)c1cc(F)cnc1NCCC. The molecule has 1 aromatic rings. The standard InChI is InChI=1S/C13H20FN3O/c1-3-5-7-16-13(18)11-8-10(14)9-17-12(11)15-6-4-2/h8-9H,3-7H2,1-2H3,(H,15,17)(H,16,18). The van der Waals surface area contributed by atoms with Gasteiger partial charge in [-0.3, -0.25) is 4.79 Å². The first kappa shape index (κ1) is 14.4. The number of anilines is 1. The van der Waals surface area contributed by atoms with Crippen molar-refractivity contribution in [3.05, 3.63) is 23.6 Å². The zero-order valence-electron chi connectivity index (χ0n) is 10.9. The maximum Gasteiger partial charge on any atom is 0.255 e.